The Kier molecular flexibility index (Phi) is 4.52. The van der Waals surface area contributed by atoms with Gasteiger partial charge in [0.2, 0.25) is 10.0 Å². The van der Waals surface area contributed by atoms with Gasteiger partial charge in [0.05, 0.1) is 5.75 Å². The van der Waals surface area contributed by atoms with E-state index in [1.807, 2.05) is 12.1 Å². The molecule has 6 heteroatoms. The van der Waals surface area contributed by atoms with Gasteiger partial charge in [0.15, 0.2) is 0 Å². The summed E-state index contributed by atoms with van der Waals surface area (Å²) in [6.45, 7) is 1.12. The molecule has 1 aromatic carbocycles. The molecule has 1 aromatic heterocycles. The van der Waals surface area contributed by atoms with Gasteiger partial charge in [0.25, 0.3) is 0 Å². The fraction of sp³-hybridized carbons (Fsp3) is 0.500. The molecular formula is C16H23N3O2S. The van der Waals surface area contributed by atoms with Crippen molar-refractivity contribution in [2.24, 2.45) is 0 Å². The van der Waals surface area contributed by atoms with Crippen LogP contribution in [0.25, 0.3) is 10.9 Å². The molecule has 1 fully saturated rings. The lowest BCUT2D eigenvalue weighted by Gasteiger charge is -2.07. The Morgan fingerprint density at radius 1 is 1.32 bits per heavy atom. The van der Waals surface area contributed by atoms with Crippen LogP contribution in [0.1, 0.15) is 24.1 Å². The summed E-state index contributed by atoms with van der Waals surface area (Å²) in [5.74, 6) is 0.123. The van der Waals surface area contributed by atoms with E-state index in [0.29, 0.717) is 12.5 Å². The van der Waals surface area contributed by atoms with E-state index in [-0.39, 0.29) is 5.75 Å². The molecule has 1 atom stereocenters. The molecule has 0 aliphatic carbocycles. The van der Waals surface area contributed by atoms with Crippen LogP contribution in [0.5, 0.6) is 0 Å². The van der Waals surface area contributed by atoms with Crippen LogP contribution in [-0.4, -0.2) is 38.8 Å². The van der Waals surface area contributed by atoms with Crippen LogP contribution in [0.15, 0.2) is 24.3 Å². The zero-order valence-electron chi connectivity index (χ0n) is 12.9. The van der Waals surface area contributed by atoms with Gasteiger partial charge in [-0.3, -0.25) is 0 Å². The Morgan fingerprint density at radius 2 is 2.18 bits per heavy atom. The van der Waals surface area contributed by atoms with Crippen molar-refractivity contribution in [3.05, 3.63) is 35.5 Å². The van der Waals surface area contributed by atoms with Crippen molar-refractivity contribution in [1.82, 2.24) is 15.0 Å². The number of benzene rings is 1. The lowest BCUT2D eigenvalue weighted by molar-refractivity contribution is 0.587. The number of nitrogens with one attached hydrogen (secondary N) is 3. The second kappa shape index (κ2) is 6.40. The third-order valence-corrected chi connectivity index (χ3v) is 5.70. The molecule has 5 nitrogen and oxygen atoms in total. The van der Waals surface area contributed by atoms with Crippen LogP contribution in [0.2, 0.25) is 0 Å². The van der Waals surface area contributed by atoms with Crippen molar-refractivity contribution in [2.45, 2.75) is 31.7 Å². The Balaban J connectivity index is 1.72. The van der Waals surface area contributed by atoms with Gasteiger partial charge < -0.3 is 10.3 Å². The second-order valence-corrected chi connectivity index (χ2v) is 8.03. The number of fused-ring (bicyclic) bond motifs is 1. The van der Waals surface area contributed by atoms with Gasteiger partial charge in [0, 0.05) is 23.7 Å². The van der Waals surface area contributed by atoms with Crippen molar-refractivity contribution in [3.8, 4) is 0 Å². The topological polar surface area (TPSA) is 74.0 Å². The fourth-order valence-corrected chi connectivity index (χ4v) is 3.77. The smallest absolute Gasteiger partial charge is 0.211 e. The molecule has 1 aliphatic heterocycles. The van der Waals surface area contributed by atoms with Gasteiger partial charge in [0.1, 0.15) is 0 Å². The molecule has 120 valence electrons. The Labute approximate surface area is 131 Å². The van der Waals surface area contributed by atoms with Crippen molar-refractivity contribution in [1.29, 1.82) is 0 Å². The van der Waals surface area contributed by atoms with Crippen molar-refractivity contribution < 1.29 is 8.42 Å². The number of aromatic nitrogens is 1. The Hall–Kier alpha value is -1.37. The Bertz CT molecular complexity index is 746. The number of aromatic amines is 1. The van der Waals surface area contributed by atoms with Crippen molar-refractivity contribution in [3.63, 3.8) is 0 Å². The lowest BCUT2D eigenvalue weighted by atomic mass is 10.1. The number of H-pyrrole nitrogens is 1. The van der Waals surface area contributed by atoms with E-state index in [4.69, 9.17) is 0 Å². The molecular weight excluding hydrogens is 298 g/mol. The molecule has 22 heavy (non-hydrogen) atoms. The van der Waals surface area contributed by atoms with Crippen LogP contribution in [-0.2, 0) is 22.9 Å². The van der Waals surface area contributed by atoms with Gasteiger partial charge in [-0.25, -0.2) is 13.1 Å². The van der Waals surface area contributed by atoms with E-state index >= 15 is 0 Å². The van der Waals surface area contributed by atoms with Gasteiger partial charge in [-0.2, -0.15) is 0 Å². The van der Waals surface area contributed by atoms with E-state index in [0.717, 1.165) is 29.4 Å². The van der Waals surface area contributed by atoms with Crippen LogP contribution >= 0.6 is 0 Å². The molecule has 0 saturated carbocycles. The SMILES string of the molecule is CNS(=O)(=O)CCc1ccc2[nH]c(C[C@H]3CCCN3)cc2c1. The van der Waals surface area contributed by atoms with Crippen molar-refractivity contribution >= 4 is 20.9 Å². The first kappa shape index (κ1) is 15.5. The maximum atomic E-state index is 11.5. The first-order valence-corrected chi connectivity index (χ1v) is 9.46. The number of hydrogen-bond acceptors (Lipinski definition) is 3. The highest BCUT2D eigenvalue weighted by Crippen LogP contribution is 2.20. The summed E-state index contributed by atoms with van der Waals surface area (Å²) in [7, 11) is -1.70. The summed E-state index contributed by atoms with van der Waals surface area (Å²) in [5.41, 5.74) is 3.42. The van der Waals surface area contributed by atoms with E-state index in [1.165, 1.54) is 25.6 Å². The molecule has 0 amide bonds. The highest BCUT2D eigenvalue weighted by Gasteiger charge is 2.15. The predicted octanol–water partition coefficient (Wildman–Crippen LogP) is 1.55. The molecule has 2 aromatic rings. The average Bonchev–Trinajstić information content (AvgIpc) is 3.14. The summed E-state index contributed by atoms with van der Waals surface area (Å²) >= 11 is 0. The van der Waals surface area contributed by atoms with Crippen LogP contribution in [0, 0.1) is 0 Å². The summed E-state index contributed by atoms with van der Waals surface area (Å²) < 4.78 is 25.4. The van der Waals surface area contributed by atoms with E-state index in [9.17, 15) is 8.42 Å². The molecule has 3 rings (SSSR count). The molecule has 0 unspecified atom stereocenters. The quantitative estimate of drug-likeness (QED) is 0.756. The number of aryl methyl sites for hydroxylation is 1. The highest BCUT2D eigenvalue weighted by molar-refractivity contribution is 7.89. The monoisotopic (exact) mass is 321 g/mol. The largest absolute Gasteiger partial charge is 0.358 e. The van der Waals surface area contributed by atoms with Crippen LogP contribution < -0.4 is 10.0 Å². The lowest BCUT2D eigenvalue weighted by Crippen LogP contribution is -2.23. The molecule has 0 bridgehead atoms. The predicted molar refractivity (Wildman–Crippen MR) is 89.6 cm³/mol. The maximum Gasteiger partial charge on any atom is 0.211 e. The minimum absolute atomic E-state index is 0.123. The summed E-state index contributed by atoms with van der Waals surface area (Å²) in [5, 5.41) is 4.67. The number of rotatable bonds is 6. The van der Waals surface area contributed by atoms with Crippen LogP contribution in [0.3, 0.4) is 0 Å². The summed E-state index contributed by atoms with van der Waals surface area (Å²) in [6.07, 6.45) is 4.05. The summed E-state index contributed by atoms with van der Waals surface area (Å²) in [6, 6.07) is 8.89. The molecule has 0 spiro atoms. The zero-order chi connectivity index (χ0) is 15.6. The van der Waals surface area contributed by atoms with Gasteiger partial charge >= 0.3 is 0 Å². The average molecular weight is 321 g/mol. The zero-order valence-corrected chi connectivity index (χ0v) is 13.7. The van der Waals surface area contributed by atoms with Gasteiger partial charge in [-0.05, 0) is 62.0 Å². The first-order chi connectivity index (χ1) is 10.6. The van der Waals surface area contributed by atoms with Crippen molar-refractivity contribution in [2.75, 3.05) is 19.3 Å². The van der Waals surface area contributed by atoms with Crippen LogP contribution in [0.4, 0.5) is 0 Å². The third-order valence-electron chi connectivity index (χ3n) is 4.34. The number of sulfonamides is 1. The number of hydrogen-bond donors (Lipinski definition) is 3. The standard InChI is InChI=1S/C16H23N3O2S/c1-17-22(20,21)8-6-12-4-5-16-13(9-12)10-15(19-16)11-14-3-2-7-18-14/h4-5,9-10,14,17-19H,2-3,6-8,11H2,1H3/t14-/m1/s1. The second-order valence-electron chi connectivity index (χ2n) is 5.99. The minimum Gasteiger partial charge on any atom is -0.358 e. The summed E-state index contributed by atoms with van der Waals surface area (Å²) in [4.78, 5) is 3.46. The highest BCUT2D eigenvalue weighted by atomic mass is 32.2. The fourth-order valence-electron chi connectivity index (χ4n) is 3.06. The third kappa shape index (κ3) is 3.69. The molecule has 2 heterocycles. The minimum atomic E-state index is -3.15. The first-order valence-electron chi connectivity index (χ1n) is 7.81. The van der Waals surface area contributed by atoms with E-state index < -0.39 is 10.0 Å². The molecule has 3 N–H and O–H groups in total. The van der Waals surface area contributed by atoms with E-state index in [2.05, 4.69) is 27.2 Å². The molecule has 1 saturated heterocycles. The molecule has 1 aliphatic rings. The Morgan fingerprint density at radius 3 is 2.91 bits per heavy atom. The normalized spacial score (nSPS) is 19.0. The van der Waals surface area contributed by atoms with Gasteiger partial charge in [-0.1, -0.05) is 6.07 Å². The maximum absolute atomic E-state index is 11.5. The van der Waals surface area contributed by atoms with Gasteiger partial charge in [-0.15, -0.1) is 0 Å². The molecule has 0 radical (unpaired) electrons. The van der Waals surface area contributed by atoms with E-state index in [1.54, 1.807) is 0 Å².